The molecule has 70 valence electrons. The van der Waals surface area contributed by atoms with Gasteiger partial charge in [-0.2, -0.15) is 0 Å². The molecule has 0 saturated heterocycles. The molecule has 0 nitrogen and oxygen atoms in total. The van der Waals surface area contributed by atoms with Crippen molar-refractivity contribution in [3.63, 3.8) is 0 Å². The van der Waals surface area contributed by atoms with Crippen LogP contribution in [-0.2, 0) is 0 Å². The fourth-order valence-corrected chi connectivity index (χ4v) is 2.16. The van der Waals surface area contributed by atoms with Gasteiger partial charge in [0.05, 0.1) is 0 Å². The van der Waals surface area contributed by atoms with Crippen LogP contribution < -0.4 is 5.46 Å². The van der Waals surface area contributed by atoms with E-state index in [4.69, 9.17) is 23.2 Å². The van der Waals surface area contributed by atoms with E-state index in [1.807, 2.05) is 12.1 Å². The maximum atomic E-state index is 6.12. The molecule has 1 heterocycles. The third kappa shape index (κ3) is 2.05. The topological polar surface area (TPSA) is 0 Å². The Labute approximate surface area is 94.3 Å². The quantitative estimate of drug-likeness (QED) is 0.640. The SMILES string of the molecule is Clc1ccc(B2C=CC=CC2)c(Cl)c1. The number of rotatable bonds is 1. The molecule has 0 unspecified atom stereocenters. The third-order valence-corrected chi connectivity index (χ3v) is 2.91. The fraction of sp³-hybridized carbons (Fsp3) is 0.0909. The van der Waals surface area contributed by atoms with Crippen molar-refractivity contribution in [3.8, 4) is 0 Å². The molecule has 0 bridgehead atoms. The molecular weight excluding hydrogens is 214 g/mol. The molecule has 0 radical (unpaired) electrons. The number of allylic oxidation sites excluding steroid dienone is 3. The first-order chi connectivity index (χ1) is 6.77. The van der Waals surface area contributed by atoms with Gasteiger partial charge in [0.15, 0.2) is 0 Å². The Bertz CT molecular complexity index is 396. The van der Waals surface area contributed by atoms with Crippen molar-refractivity contribution in [1.29, 1.82) is 0 Å². The standard InChI is InChI=1S/C11H9BCl2/c13-9-4-5-10(11(14)8-9)12-6-2-1-3-7-12/h1-6,8H,7H2. The zero-order chi connectivity index (χ0) is 9.97. The maximum absolute atomic E-state index is 6.12. The van der Waals surface area contributed by atoms with Crippen LogP contribution >= 0.6 is 23.2 Å². The highest BCUT2D eigenvalue weighted by molar-refractivity contribution is 6.80. The van der Waals surface area contributed by atoms with E-state index in [-0.39, 0.29) is 0 Å². The van der Waals surface area contributed by atoms with Gasteiger partial charge in [0.1, 0.15) is 0 Å². The van der Waals surface area contributed by atoms with E-state index in [2.05, 4.69) is 24.2 Å². The molecule has 0 atom stereocenters. The highest BCUT2D eigenvalue weighted by Crippen LogP contribution is 2.16. The molecule has 0 saturated carbocycles. The van der Waals surface area contributed by atoms with Crippen molar-refractivity contribution in [3.05, 3.63) is 52.4 Å². The van der Waals surface area contributed by atoms with Crippen LogP contribution in [0.15, 0.2) is 42.4 Å². The van der Waals surface area contributed by atoms with Gasteiger partial charge in [-0.25, -0.2) is 0 Å². The number of halogens is 2. The lowest BCUT2D eigenvalue weighted by Gasteiger charge is -2.11. The minimum Gasteiger partial charge on any atom is -0.110 e. The molecule has 0 amide bonds. The Morgan fingerprint density at radius 1 is 1.14 bits per heavy atom. The Hall–Kier alpha value is -0.655. The van der Waals surface area contributed by atoms with Gasteiger partial charge in [0, 0.05) is 10.0 Å². The molecular formula is C11H9BCl2. The summed E-state index contributed by atoms with van der Waals surface area (Å²) in [6.07, 6.45) is 7.27. The van der Waals surface area contributed by atoms with Gasteiger partial charge < -0.3 is 0 Å². The van der Waals surface area contributed by atoms with Crippen LogP contribution in [0.5, 0.6) is 0 Å². The van der Waals surface area contributed by atoms with Crippen LogP contribution in [0, 0.1) is 0 Å². The van der Waals surface area contributed by atoms with E-state index < -0.39 is 0 Å². The molecule has 1 aliphatic heterocycles. The van der Waals surface area contributed by atoms with Crippen LogP contribution in [0.1, 0.15) is 0 Å². The lowest BCUT2D eigenvalue weighted by atomic mass is 9.42. The van der Waals surface area contributed by atoms with E-state index in [0.717, 1.165) is 16.8 Å². The Morgan fingerprint density at radius 3 is 2.64 bits per heavy atom. The Kier molecular flexibility index (Phi) is 3.00. The summed E-state index contributed by atoms with van der Waals surface area (Å²) >= 11 is 12.0. The summed E-state index contributed by atoms with van der Waals surface area (Å²) in [6.45, 7) is 0.393. The predicted molar refractivity (Wildman–Crippen MR) is 64.9 cm³/mol. The molecule has 14 heavy (non-hydrogen) atoms. The van der Waals surface area contributed by atoms with Crippen LogP contribution in [0.2, 0.25) is 16.4 Å². The molecule has 0 N–H and O–H groups in total. The fourth-order valence-electron chi connectivity index (χ4n) is 1.61. The molecule has 0 fully saturated rings. The van der Waals surface area contributed by atoms with Crippen molar-refractivity contribution >= 4 is 35.4 Å². The summed E-state index contributed by atoms with van der Waals surface area (Å²) in [5, 5.41) is 1.44. The first-order valence-corrected chi connectivity index (χ1v) is 5.31. The van der Waals surface area contributed by atoms with Gasteiger partial charge in [0.2, 0.25) is 6.71 Å². The summed E-state index contributed by atoms with van der Waals surface area (Å²) in [4.78, 5) is 0. The highest BCUT2D eigenvalue weighted by atomic mass is 35.5. The second-order valence-electron chi connectivity index (χ2n) is 3.32. The second kappa shape index (κ2) is 4.25. The van der Waals surface area contributed by atoms with E-state index >= 15 is 0 Å². The normalized spacial score (nSPS) is 14.9. The molecule has 0 spiro atoms. The minimum atomic E-state index is 0.393. The molecule has 1 aromatic carbocycles. The second-order valence-corrected chi connectivity index (χ2v) is 4.16. The van der Waals surface area contributed by atoms with E-state index in [0.29, 0.717) is 11.7 Å². The van der Waals surface area contributed by atoms with Gasteiger partial charge >= 0.3 is 0 Å². The van der Waals surface area contributed by atoms with Gasteiger partial charge in [-0.1, -0.05) is 53.0 Å². The summed E-state index contributed by atoms with van der Waals surface area (Å²) in [7, 11) is 0. The average Bonchev–Trinajstić information content (AvgIpc) is 2.19. The summed E-state index contributed by atoms with van der Waals surface area (Å²) in [6, 6.07) is 5.68. The predicted octanol–water partition coefficient (Wildman–Crippen LogP) is 3.36. The van der Waals surface area contributed by atoms with Crippen molar-refractivity contribution in [2.45, 2.75) is 6.32 Å². The van der Waals surface area contributed by atoms with Crippen LogP contribution in [-0.4, -0.2) is 6.71 Å². The molecule has 1 aromatic rings. The minimum absolute atomic E-state index is 0.393. The van der Waals surface area contributed by atoms with Crippen LogP contribution in [0.4, 0.5) is 0 Å². The summed E-state index contributed by atoms with van der Waals surface area (Å²) in [5.41, 5.74) is 1.15. The van der Waals surface area contributed by atoms with Crippen molar-refractivity contribution < 1.29 is 0 Å². The molecule has 3 heteroatoms. The summed E-state index contributed by atoms with van der Waals surface area (Å²) < 4.78 is 0. The smallest absolute Gasteiger partial charge is 0.110 e. The van der Waals surface area contributed by atoms with E-state index in [9.17, 15) is 0 Å². The van der Waals surface area contributed by atoms with Gasteiger partial charge in [0.25, 0.3) is 0 Å². The zero-order valence-corrected chi connectivity index (χ0v) is 9.09. The molecule has 0 aliphatic carbocycles. The first-order valence-electron chi connectivity index (χ1n) is 4.55. The summed E-state index contributed by atoms with van der Waals surface area (Å²) in [5.74, 6) is 2.16. The average molecular weight is 223 g/mol. The Morgan fingerprint density at radius 2 is 2.00 bits per heavy atom. The number of benzene rings is 1. The molecule has 0 aromatic heterocycles. The zero-order valence-electron chi connectivity index (χ0n) is 7.58. The number of hydrogen-bond acceptors (Lipinski definition) is 0. The van der Waals surface area contributed by atoms with Gasteiger partial charge in [-0.3, -0.25) is 0 Å². The van der Waals surface area contributed by atoms with Crippen LogP contribution in [0.25, 0.3) is 0 Å². The lowest BCUT2D eigenvalue weighted by molar-refractivity contribution is 1.60. The largest absolute Gasteiger partial charge is 0.206 e. The number of hydrogen-bond donors (Lipinski definition) is 0. The van der Waals surface area contributed by atoms with Crippen molar-refractivity contribution in [1.82, 2.24) is 0 Å². The highest BCUT2D eigenvalue weighted by Gasteiger charge is 2.15. The first kappa shape index (κ1) is 9.88. The van der Waals surface area contributed by atoms with E-state index in [1.165, 1.54) is 0 Å². The Balaban J connectivity index is 2.32. The van der Waals surface area contributed by atoms with Crippen LogP contribution in [0.3, 0.4) is 0 Å². The van der Waals surface area contributed by atoms with Gasteiger partial charge in [-0.15, -0.1) is 5.98 Å². The molecule has 2 rings (SSSR count). The van der Waals surface area contributed by atoms with E-state index in [1.54, 1.807) is 6.07 Å². The van der Waals surface area contributed by atoms with Crippen molar-refractivity contribution in [2.75, 3.05) is 0 Å². The monoisotopic (exact) mass is 222 g/mol. The van der Waals surface area contributed by atoms with Crippen molar-refractivity contribution in [2.24, 2.45) is 0 Å². The molecule has 1 aliphatic rings. The third-order valence-electron chi connectivity index (χ3n) is 2.34. The van der Waals surface area contributed by atoms with Gasteiger partial charge in [-0.05, 0) is 18.5 Å². The maximum Gasteiger partial charge on any atom is 0.206 e. The lowest BCUT2D eigenvalue weighted by Crippen LogP contribution is -2.29.